The van der Waals surface area contributed by atoms with Crippen LogP contribution in [0.3, 0.4) is 0 Å². The molecule has 0 bridgehead atoms. The molecular weight excluding hydrogens is 524 g/mol. The number of hydrogen-bond acceptors (Lipinski definition) is 1. The van der Waals surface area contributed by atoms with E-state index in [9.17, 15) is 0 Å². The third kappa shape index (κ3) is 3.53. The summed E-state index contributed by atoms with van der Waals surface area (Å²) >= 11 is 0. The molecule has 4 heteroatoms. The Kier molecular flexibility index (Phi) is 5.16. The second kappa shape index (κ2) is 9.33. The Morgan fingerprint density at radius 2 is 0.953 bits per heavy atom. The number of benzene rings is 6. The molecule has 0 fully saturated rings. The van der Waals surface area contributed by atoms with Crippen LogP contribution >= 0.6 is 0 Å². The van der Waals surface area contributed by atoms with Gasteiger partial charge in [-0.15, -0.1) is 0 Å². The van der Waals surface area contributed by atoms with Gasteiger partial charge >= 0.3 is 0 Å². The average Bonchev–Trinajstić information content (AvgIpc) is 3.73. The van der Waals surface area contributed by atoms with Gasteiger partial charge in [0, 0.05) is 33.3 Å². The topological polar surface area (TPSA) is 27.2 Å². The fourth-order valence-electron chi connectivity index (χ4n) is 6.61. The zero-order chi connectivity index (χ0) is 28.3. The largest absolute Gasteiger partial charge is 0.309 e. The standard InChI is InChI=1S/C39H26N4/c1-4-14-27(15-5-1)38-37(40-39-42(30-18-8-3-9-19-30)35-22-12-13-23-36(35)43(38)39)28-24-25-34-32(26-28)31-20-10-11-21-33(31)41(34)29-16-6-2-7-17-29/h1-26H. The lowest BCUT2D eigenvalue weighted by Crippen LogP contribution is -1.94. The van der Waals surface area contributed by atoms with E-state index in [0.29, 0.717) is 0 Å². The van der Waals surface area contributed by atoms with Crippen LogP contribution in [0.4, 0.5) is 0 Å². The lowest BCUT2D eigenvalue weighted by molar-refractivity contribution is 1.10. The van der Waals surface area contributed by atoms with Gasteiger partial charge in [-0.25, -0.2) is 4.98 Å². The van der Waals surface area contributed by atoms with Crippen molar-refractivity contribution in [2.24, 2.45) is 0 Å². The van der Waals surface area contributed by atoms with Crippen LogP contribution in [0, 0.1) is 0 Å². The summed E-state index contributed by atoms with van der Waals surface area (Å²) in [5.74, 6) is 0.896. The van der Waals surface area contributed by atoms with E-state index in [1.165, 1.54) is 21.8 Å². The number of rotatable bonds is 4. The van der Waals surface area contributed by atoms with Crippen molar-refractivity contribution in [3.05, 3.63) is 158 Å². The molecule has 6 aromatic carbocycles. The molecule has 0 aliphatic carbocycles. The number of para-hydroxylation sites is 5. The number of hydrogen-bond donors (Lipinski definition) is 0. The van der Waals surface area contributed by atoms with Gasteiger partial charge < -0.3 is 4.57 Å². The molecule has 0 spiro atoms. The molecule has 3 heterocycles. The Morgan fingerprint density at radius 1 is 0.395 bits per heavy atom. The fraction of sp³-hybridized carbons (Fsp3) is 0. The molecular formula is C39H26N4. The third-order valence-electron chi connectivity index (χ3n) is 8.45. The smallest absolute Gasteiger partial charge is 0.220 e. The molecule has 0 amide bonds. The summed E-state index contributed by atoms with van der Waals surface area (Å²) in [6, 6.07) is 55.8. The van der Waals surface area contributed by atoms with E-state index in [1.807, 2.05) is 0 Å². The van der Waals surface area contributed by atoms with Crippen molar-refractivity contribution in [2.45, 2.75) is 0 Å². The van der Waals surface area contributed by atoms with Crippen molar-refractivity contribution in [3.63, 3.8) is 0 Å². The first-order valence-corrected chi connectivity index (χ1v) is 14.6. The zero-order valence-corrected chi connectivity index (χ0v) is 23.3. The molecule has 9 aromatic rings. The van der Waals surface area contributed by atoms with Crippen LogP contribution in [-0.2, 0) is 0 Å². The van der Waals surface area contributed by atoms with Crippen LogP contribution in [0.25, 0.3) is 72.5 Å². The summed E-state index contributed by atoms with van der Waals surface area (Å²) in [4.78, 5) is 5.44. The number of imidazole rings is 2. The third-order valence-corrected chi connectivity index (χ3v) is 8.45. The number of fused-ring (bicyclic) bond motifs is 6. The molecule has 3 aromatic heterocycles. The summed E-state index contributed by atoms with van der Waals surface area (Å²) in [7, 11) is 0. The predicted molar refractivity (Wildman–Crippen MR) is 177 cm³/mol. The normalized spacial score (nSPS) is 11.7. The van der Waals surface area contributed by atoms with Gasteiger partial charge in [0.15, 0.2) is 0 Å². The highest BCUT2D eigenvalue weighted by Gasteiger charge is 2.24. The first-order chi connectivity index (χ1) is 21.4. The van der Waals surface area contributed by atoms with E-state index in [4.69, 9.17) is 4.98 Å². The van der Waals surface area contributed by atoms with E-state index < -0.39 is 0 Å². The highest BCUT2D eigenvalue weighted by atomic mass is 15.2. The highest BCUT2D eigenvalue weighted by Crippen LogP contribution is 2.40. The monoisotopic (exact) mass is 550 g/mol. The summed E-state index contributed by atoms with van der Waals surface area (Å²) in [5.41, 5.74) is 11.2. The van der Waals surface area contributed by atoms with E-state index in [2.05, 4.69) is 171 Å². The summed E-state index contributed by atoms with van der Waals surface area (Å²) in [5, 5.41) is 2.44. The van der Waals surface area contributed by atoms with Gasteiger partial charge in [0.2, 0.25) is 5.78 Å². The fourth-order valence-corrected chi connectivity index (χ4v) is 6.61. The molecule has 0 aliphatic rings. The second-order valence-electron chi connectivity index (χ2n) is 10.9. The van der Waals surface area contributed by atoms with Gasteiger partial charge in [0.05, 0.1) is 33.5 Å². The number of nitrogens with zero attached hydrogens (tertiary/aromatic N) is 4. The van der Waals surface area contributed by atoms with Crippen molar-refractivity contribution in [2.75, 3.05) is 0 Å². The maximum Gasteiger partial charge on any atom is 0.220 e. The molecule has 0 aliphatic heterocycles. The summed E-state index contributed by atoms with van der Waals surface area (Å²) < 4.78 is 6.95. The molecule has 0 atom stereocenters. The Morgan fingerprint density at radius 3 is 1.67 bits per heavy atom. The Labute approximate surface area is 248 Å². The van der Waals surface area contributed by atoms with Crippen LogP contribution in [0.15, 0.2) is 158 Å². The summed E-state index contributed by atoms with van der Waals surface area (Å²) in [6.07, 6.45) is 0. The van der Waals surface area contributed by atoms with Gasteiger partial charge in [-0.1, -0.05) is 103 Å². The van der Waals surface area contributed by atoms with E-state index in [0.717, 1.165) is 50.7 Å². The van der Waals surface area contributed by atoms with E-state index in [-0.39, 0.29) is 0 Å². The first-order valence-electron chi connectivity index (χ1n) is 14.6. The van der Waals surface area contributed by atoms with Gasteiger partial charge in [0.1, 0.15) is 0 Å². The molecule has 4 nitrogen and oxygen atoms in total. The van der Waals surface area contributed by atoms with Crippen molar-refractivity contribution in [3.8, 4) is 33.9 Å². The molecule has 9 rings (SSSR count). The quantitative estimate of drug-likeness (QED) is 0.214. The molecule has 43 heavy (non-hydrogen) atoms. The minimum Gasteiger partial charge on any atom is -0.309 e. The summed E-state index contributed by atoms with van der Waals surface area (Å²) in [6.45, 7) is 0. The maximum atomic E-state index is 5.44. The van der Waals surface area contributed by atoms with Crippen LogP contribution in [0.5, 0.6) is 0 Å². The zero-order valence-electron chi connectivity index (χ0n) is 23.3. The molecule has 0 radical (unpaired) electrons. The molecule has 202 valence electrons. The van der Waals surface area contributed by atoms with Gasteiger partial charge in [-0.05, 0) is 54.6 Å². The van der Waals surface area contributed by atoms with Crippen LogP contribution in [0.2, 0.25) is 0 Å². The second-order valence-corrected chi connectivity index (χ2v) is 10.9. The Bertz CT molecular complexity index is 2430. The predicted octanol–water partition coefficient (Wildman–Crippen LogP) is 9.71. The van der Waals surface area contributed by atoms with Gasteiger partial charge in [-0.3, -0.25) is 8.97 Å². The first kappa shape index (κ1) is 23.8. The molecule has 0 unspecified atom stereocenters. The van der Waals surface area contributed by atoms with Gasteiger partial charge in [0.25, 0.3) is 0 Å². The lowest BCUT2D eigenvalue weighted by atomic mass is 10.0. The molecule has 0 N–H and O–H groups in total. The highest BCUT2D eigenvalue weighted by molar-refractivity contribution is 6.10. The SMILES string of the molecule is c1ccc(-c2c(-c3ccc4c(c3)c3ccccc3n4-c3ccccc3)nc3n(-c4ccccc4)c4ccccc4n23)cc1. The Hall–Kier alpha value is -5.87. The van der Waals surface area contributed by atoms with Crippen LogP contribution < -0.4 is 0 Å². The molecule has 0 saturated carbocycles. The minimum absolute atomic E-state index is 0.896. The molecule has 0 saturated heterocycles. The Balaban J connectivity index is 1.38. The minimum atomic E-state index is 0.896. The van der Waals surface area contributed by atoms with Crippen molar-refractivity contribution < 1.29 is 0 Å². The average molecular weight is 551 g/mol. The lowest BCUT2D eigenvalue weighted by Gasteiger charge is -2.09. The van der Waals surface area contributed by atoms with Crippen molar-refractivity contribution in [1.29, 1.82) is 0 Å². The van der Waals surface area contributed by atoms with Crippen molar-refractivity contribution in [1.82, 2.24) is 18.5 Å². The van der Waals surface area contributed by atoms with Crippen LogP contribution in [0.1, 0.15) is 0 Å². The van der Waals surface area contributed by atoms with E-state index in [1.54, 1.807) is 0 Å². The van der Waals surface area contributed by atoms with Gasteiger partial charge in [-0.2, -0.15) is 0 Å². The van der Waals surface area contributed by atoms with E-state index >= 15 is 0 Å². The number of aromatic nitrogens is 4. The maximum absolute atomic E-state index is 5.44. The van der Waals surface area contributed by atoms with Crippen LogP contribution in [-0.4, -0.2) is 18.5 Å². The van der Waals surface area contributed by atoms with Crippen molar-refractivity contribution >= 4 is 38.6 Å².